The van der Waals surface area contributed by atoms with Crippen molar-refractivity contribution in [3.8, 4) is 22.9 Å². The van der Waals surface area contributed by atoms with E-state index in [9.17, 15) is 15.0 Å². The summed E-state index contributed by atoms with van der Waals surface area (Å²) >= 11 is 6.60. The number of imidazole rings is 1. The number of likely N-dealkylation sites (tertiary alicyclic amines) is 1. The maximum Gasteiger partial charge on any atom is 0.322 e. The third kappa shape index (κ3) is 5.02. The molecule has 1 aliphatic rings. The number of carbonyl (C=O) groups is 1. The number of rotatable bonds is 6. The highest BCUT2D eigenvalue weighted by molar-refractivity contribution is 6.33. The number of hydrogen-bond donors (Lipinski definition) is 2. The van der Waals surface area contributed by atoms with Gasteiger partial charge in [0.15, 0.2) is 0 Å². The average Bonchev–Trinajstić information content (AvgIpc) is 3.32. The average molecular weight is 595 g/mol. The van der Waals surface area contributed by atoms with Gasteiger partial charge in [0.1, 0.15) is 35.7 Å². The van der Waals surface area contributed by atoms with Crippen molar-refractivity contribution in [1.82, 2.24) is 29.4 Å². The zero-order valence-electron chi connectivity index (χ0n) is 22.3. The Kier molecular flexibility index (Phi) is 7.43. The van der Waals surface area contributed by atoms with Crippen LogP contribution in [0.1, 0.15) is 24.0 Å². The molecule has 13 heteroatoms. The van der Waals surface area contributed by atoms with Crippen molar-refractivity contribution in [2.45, 2.75) is 32.2 Å². The van der Waals surface area contributed by atoms with Gasteiger partial charge in [-0.15, -0.1) is 0 Å². The van der Waals surface area contributed by atoms with Crippen LogP contribution in [0.4, 0.5) is 8.78 Å². The molecule has 0 bridgehead atoms. The number of amides is 1. The number of carbonyl (C=O) groups excluding carboxylic acids is 1. The van der Waals surface area contributed by atoms with Crippen molar-refractivity contribution in [3.05, 3.63) is 71.2 Å². The minimum absolute atomic E-state index is 0.0251. The number of halogens is 3. The summed E-state index contributed by atoms with van der Waals surface area (Å²) in [6.07, 6.45) is 1.90. The number of ether oxygens (including phenoxy) is 1. The van der Waals surface area contributed by atoms with Crippen molar-refractivity contribution < 1.29 is 28.5 Å². The molecule has 4 heterocycles. The Morgan fingerprint density at radius 1 is 1.12 bits per heavy atom. The number of aromatic nitrogens is 5. The second-order valence-corrected chi connectivity index (χ2v) is 10.4. The van der Waals surface area contributed by atoms with Crippen LogP contribution in [0.15, 0.2) is 48.8 Å². The molecule has 2 aromatic carbocycles. The fourth-order valence-electron chi connectivity index (χ4n) is 5.43. The normalized spacial score (nSPS) is 17.2. The summed E-state index contributed by atoms with van der Waals surface area (Å²) in [5, 5.41) is 19.3. The lowest BCUT2D eigenvalue weighted by Gasteiger charge is -2.35. The number of alkyl halides is 1. The molecule has 216 valence electrons. The van der Waals surface area contributed by atoms with E-state index in [2.05, 4.69) is 19.9 Å². The Hall–Kier alpha value is -4.26. The Labute approximate surface area is 243 Å². The zero-order chi connectivity index (χ0) is 29.5. The number of aliphatic hydroxyl groups is 2. The number of benzene rings is 2. The lowest BCUT2D eigenvalue weighted by Crippen LogP contribution is -2.46. The van der Waals surface area contributed by atoms with E-state index < -0.39 is 30.5 Å². The predicted octanol–water partition coefficient (Wildman–Crippen LogP) is 4.53. The van der Waals surface area contributed by atoms with Crippen molar-refractivity contribution in [3.63, 3.8) is 0 Å². The SMILES string of the molecule is Cc1nc2cnc3cc(F)c(-c4ccc(Oc5nccc(CO)n5)cc4Cl)cc3c2n1[C@H]1CCN(C(=O)CO)C[C@@H]1F. The second kappa shape index (κ2) is 11.2. The molecule has 0 unspecified atom stereocenters. The lowest BCUT2D eigenvalue weighted by molar-refractivity contribution is -0.137. The Morgan fingerprint density at radius 2 is 1.95 bits per heavy atom. The molecular formula is C29H25ClF2N6O4. The third-order valence-corrected chi connectivity index (χ3v) is 7.71. The molecule has 0 saturated carbocycles. The molecule has 10 nitrogen and oxygen atoms in total. The van der Waals surface area contributed by atoms with E-state index in [0.29, 0.717) is 51.2 Å². The Morgan fingerprint density at radius 3 is 2.69 bits per heavy atom. The highest BCUT2D eigenvalue weighted by Crippen LogP contribution is 2.39. The summed E-state index contributed by atoms with van der Waals surface area (Å²) in [5.74, 6) is -0.187. The van der Waals surface area contributed by atoms with Gasteiger partial charge in [0.05, 0.1) is 47.1 Å². The first-order valence-electron chi connectivity index (χ1n) is 13.2. The monoisotopic (exact) mass is 594 g/mol. The summed E-state index contributed by atoms with van der Waals surface area (Å²) < 4.78 is 38.5. The minimum Gasteiger partial charge on any atom is -0.424 e. The lowest BCUT2D eigenvalue weighted by atomic mass is 10.00. The van der Waals surface area contributed by atoms with Gasteiger partial charge in [-0.3, -0.25) is 9.78 Å². The number of hydrogen-bond acceptors (Lipinski definition) is 8. The zero-order valence-corrected chi connectivity index (χ0v) is 23.1. The number of aryl methyl sites for hydroxylation is 1. The van der Waals surface area contributed by atoms with Crippen molar-refractivity contribution in [2.24, 2.45) is 0 Å². The van der Waals surface area contributed by atoms with Crippen molar-refractivity contribution in [1.29, 1.82) is 0 Å². The van der Waals surface area contributed by atoms with Crippen LogP contribution in [0.3, 0.4) is 0 Å². The molecule has 0 spiro atoms. The number of piperidine rings is 1. The maximum absolute atomic E-state index is 15.5. The van der Waals surface area contributed by atoms with Crippen LogP contribution in [0.2, 0.25) is 5.02 Å². The van der Waals surface area contributed by atoms with Crippen LogP contribution in [-0.2, 0) is 11.4 Å². The van der Waals surface area contributed by atoms with Crippen LogP contribution in [-0.4, -0.2) is 71.4 Å². The van der Waals surface area contributed by atoms with Crippen LogP contribution >= 0.6 is 11.6 Å². The van der Waals surface area contributed by atoms with Gasteiger partial charge in [0, 0.05) is 41.4 Å². The number of pyridine rings is 1. The summed E-state index contributed by atoms with van der Waals surface area (Å²) in [6.45, 7) is 0.964. The standard InChI is InChI=1S/C29H25ClF2N6O4/c1-15-35-25-11-34-24-10-22(31)19(18-3-2-17(8-21(18)30)42-29-33-6-4-16(13-39)36-29)9-20(24)28(25)38(15)26-5-7-37(12-23(26)32)27(41)14-40/h2-4,6,8-11,23,26,39-40H,5,7,12-14H2,1H3/t23-,26-/m0/s1. The first kappa shape index (κ1) is 27.9. The van der Waals surface area contributed by atoms with Gasteiger partial charge in [-0.1, -0.05) is 11.6 Å². The second-order valence-electron chi connectivity index (χ2n) is 9.97. The molecule has 2 atom stereocenters. The predicted molar refractivity (Wildman–Crippen MR) is 150 cm³/mol. The molecule has 1 amide bonds. The van der Waals surface area contributed by atoms with Crippen molar-refractivity contribution >= 4 is 39.4 Å². The van der Waals surface area contributed by atoms with Gasteiger partial charge in [0.25, 0.3) is 0 Å². The number of aliphatic hydroxyl groups excluding tert-OH is 2. The van der Waals surface area contributed by atoms with Gasteiger partial charge in [-0.05, 0) is 37.6 Å². The maximum atomic E-state index is 15.5. The summed E-state index contributed by atoms with van der Waals surface area (Å²) in [5.41, 5.74) is 2.48. The summed E-state index contributed by atoms with van der Waals surface area (Å²) in [6, 6.07) is 8.62. The molecule has 1 saturated heterocycles. The van der Waals surface area contributed by atoms with Crippen molar-refractivity contribution in [2.75, 3.05) is 19.7 Å². The van der Waals surface area contributed by atoms with E-state index >= 15 is 8.78 Å². The smallest absolute Gasteiger partial charge is 0.322 e. The van der Waals surface area contributed by atoms with Gasteiger partial charge >= 0.3 is 6.01 Å². The van der Waals surface area contributed by atoms with Crippen LogP contribution < -0.4 is 4.74 Å². The Balaban J connectivity index is 1.40. The van der Waals surface area contributed by atoms with Crippen LogP contribution in [0.5, 0.6) is 11.8 Å². The molecule has 6 rings (SSSR count). The molecule has 42 heavy (non-hydrogen) atoms. The first-order chi connectivity index (χ1) is 20.3. The van der Waals surface area contributed by atoms with Gasteiger partial charge in [-0.2, -0.15) is 4.98 Å². The summed E-state index contributed by atoms with van der Waals surface area (Å²) in [4.78, 5) is 30.4. The number of nitrogens with zero attached hydrogens (tertiary/aromatic N) is 6. The highest BCUT2D eigenvalue weighted by Gasteiger charge is 2.34. The molecule has 3 aromatic heterocycles. The van der Waals surface area contributed by atoms with E-state index in [-0.39, 0.29) is 36.3 Å². The van der Waals surface area contributed by atoms with E-state index in [1.54, 1.807) is 35.8 Å². The third-order valence-electron chi connectivity index (χ3n) is 7.40. The molecule has 2 N–H and O–H groups in total. The van der Waals surface area contributed by atoms with Crippen LogP contribution in [0, 0.1) is 12.7 Å². The largest absolute Gasteiger partial charge is 0.424 e. The molecule has 0 aliphatic carbocycles. The molecular weight excluding hydrogens is 570 g/mol. The molecule has 0 radical (unpaired) electrons. The van der Waals surface area contributed by atoms with E-state index in [1.165, 1.54) is 29.4 Å². The number of fused-ring (bicyclic) bond motifs is 3. The summed E-state index contributed by atoms with van der Waals surface area (Å²) in [7, 11) is 0. The highest BCUT2D eigenvalue weighted by atomic mass is 35.5. The minimum atomic E-state index is -1.41. The van der Waals surface area contributed by atoms with E-state index in [1.807, 2.05) is 0 Å². The quantitative estimate of drug-likeness (QED) is 0.294. The van der Waals surface area contributed by atoms with Gasteiger partial charge < -0.3 is 24.4 Å². The fourth-order valence-corrected chi connectivity index (χ4v) is 5.70. The van der Waals surface area contributed by atoms with Gasteiger partial charge in [-0.25, -0.2) is 18.7 Å². The topological polar surface area (TPSA) is 126 Å². The first-order valence-corrected chi connectivity index (χ1v) is 13.5. The fraction of sp³-hybridized carbons (Fsp3) is 0.276. The molecule has 1 fully saturated rings. The van der Waals surface area contributed by atoms with E-state index in [0.717, 1.165) is 0 Å². The van der Waals surface area contributed by atoms with E-state index in [4.69, 9.17) is 16.3 Å². The van der Waals surface area contributed by atoms with Gasteiger partial charge in [0.2, 0.25) is 5.91 Å². The Bertz CT molecular complexity index is 1830. The molecule has 1 aliphatic heterocycles. The molecule has 5 aromatic rings. The van der Waals surface area contributed by atoms with Crippen LogP contribution in [0.25, 0.3) is 33.1 Å².